The van der Waals surface area contributed by atoms with Crippen molar-refractivity contribution in [3.63, 3.8) is 0 Å². The van der Waals surface area contributed by atoms with Crippen LogP contribution in [0.4, 0.5) is 0 Å². The third-order valence-corrected chi connectivity index (χ3v) is 5.08. The molecule has 0 atom stereocenters. The molecule has 0 unspecified atom stereocenters. The zero-order chi connectivity index (χ0) is 15.5. The number of hydrogen-bond donors (Lipinski definition) is 0. The van der Waals surface area contributed by atoms with Gasteiger partial charge in [-0.3, -0.25) is 4.98 Å². The summed E-state index contributed by atoms with van der Waals surface area (Å²) in [6.07, 6.45) is 9.93. The van der Waals surface area contributed by atoms with E-state index in [1.807, 2.05) is 16.8 Å². The highest BCUT2D eigenvalue weighted by Crippen LogP contribution is 2.30. The van der Waals surface area contributed by atoms with E-state index in [2.05, 4.69) is 20.0 Å². The van der Waals surface area contributed by atoms with Gasteiger partial charge in [-0.05, 0) is 50.9 Å². The molecule has 0 radical (unpaired) electrons. The largest absolute Gasteiger partial charge is 0.381 e. The van der Waals surface area contributed by atoms with E-state index in [9.17, 15) is 0 Å². The fourth-order valence-electron chi connectivity index (χ4n) is 3.79. The molecule has 2 saturated heterocycles. The van der Waals surface area contributed by atoms with E-state index in [1.54, 1.807) is 18.7 Å². The number of hydrogen-bond acceptors (Lipinski definition) is 5. The SMILES string of the molecule is c1cc(-n2ncnc2C2CCN(C3CCOCC3)CC2)ccn1. The standard InChI is InChI=1S/C17H23N5O/c1-7-18-8-2-16(1)22-17(19-13-20-22)14-3-9-21(10-4-14)15-5-11-23-12-6-15/h1-2,7-8,13-15H,3-6,9-12H2. The Labute approximate surface area is 136 Å². The van der Waals surface area contributed by atoms with Crippen molar-refractivity contribution in [2.75, 3.05) is 26.3 Å². The Hall–Kier alpha value is -1.79. The highest BCUT2D eigenvalue weighted by atomic mass is 16.5. The van der Waals surface area contributed by atoms with Gasteiger partial charge in [0.25, 0.3) is 0 Å². The van der Waals surface area contributed by atoms with Gasteiger partial charge in [-0.15, -0.1) is 0 Å². The second kappa shape index (κ2) is 6.76. The number of pyridine rings is 1. The molecule has 2 fully saturated rings. The van der Waals surface area contributed by atoms with Crippen LogP contribution in [0.5, 0.6) is 0 Å². The van der Waals surface area contributed by atoms with Crippen LogP contribution in [0, 0.1) is 0 Å². The highest BCUT2D eigenvalue weighted by molar-refractivity contribution is 5.29. The quantitative estimate of drug-likeness (QED) is 0.868. The van der Waals surface area contributed by atoms with Crippen LogP contribution in [0.25, 0.3) is 5.69 Å². The van der Waals surface area contributed by atoms with Crippen molar-refractivity contribution in [2.24, 2.45) is 0 Å². The van der Waals surface area contributed by atoms with Crippen LogP contribution in [0.1, 0.15) is 37.4 Å². The van der Waals surface area contributed by atoms with E-state index in [0.29, 0.717) is 12.0 Å². The summed E-state index contributed by atoms with van der Waals surface area (Å²) >= 11 is 0. The monoisotopic (exact) mass is 313 g/mol. The topological polar surface area (TPSA) is 56.1 Å². The molecule has 0 spiro atoms. The van der Waals surface area contributed by atoms with E-state index < -0.39 is 0 Å². The number of nitrogens with zero attached hydrogens (tertiary/aromatic N) is 5. The lowest BCUT2D eigenvalue weighted by atomic mass is 9.93. The number of aromatic nitrogens is 4. The lowest BCUT2D eigenvalue weighted by Gasteiger charge is -2.39. The van der Waals surface area contributed by atoms with Crippen molar-refractivity contribution < 1.29 is 4.74 Å². The minimum Gasteiger partial charge on any atom is -0.381 e. The number of likely N-dealkylation sites (tertiary alicyclic amines) is 1. The molecule has 4 rings (SSSR count). The molecule has 2 aliphatic rings. The van der Waals surface area contributed by atoms with Crippen molar-refractivity contribution in [2.45, 2.75) is 37.6 Å². The normalized spacial score (nSPS) is 21.6. The van der Waals surface area contributed by atoms with E-state index in [-0.39, 0.29) is 0 Å². The van der Waals surface area contributed by atoms with Crippen molar-refractivity contribution in [3.8, 4) is 5.69 Å². The molecule has 0 saturated carbocycles. The van der Waals surface area contributed by atoms with Gasteiger partial charge in [0.1, 0.15) is 12.2 Å². The molecule has 2 aromatic rings. The summed E-state index contributed by atoms with van der Waals surface area (Å²) in [7, 11) is 0. The first-order chi connectivity index (χ1) is 11.4. The van der Waals surface area contributed by atoms with Crippen LogP contribution in [0.2, 0.25) is 0 Å². The van der Waals surface area contributed by atoms with Crippen molar-refractivity contribution in [1.29, 1.82) is 0 Å². The highest BCUT2D eigenvalue weighted by Gasteiger charge is 2.29. The predicted octanol–water partition coefficient (Wildman–Crippen LogP) is 2.02. The maximum Gasteiger partial charge on any atom is 0.138 e. The second-order valence-electron chi connectivity index (χ2n) is 6.39. The van der Waals surface area contributed by atoms with Crippen molar-refractivity contribution in [3.05, 3.63) is 36.7 Å². The number of rotatable bonds is 3. The van der Waals surface area contributed by atoms with E-state index in [1.165, 1.54) is 12.8 Å². The van der Waals surface area contributed by atoms with Crippen LogP contribution < -0.4 is 0 Å². The lowest BCUT2D eigenvalue weighted by Crippen LogP contribution is -2.44. The van der Waals surface area contributed by atoms with Crippen LogP contribution in [0.15, 0.2) is 30.9 Å². The van der Waals surface area contributed by atoms with Gasteiger partial charge < -0.3 is 9.64 Å². The first-order valence-electron chi connectivity index (χ1n) is 8.54. The number of piperidine rings is 1. The molecule has 122 valence electrons. The fourth-order valence-corrected chi connectivity index (χ4v) is 3.79. The Morgan fingerprint density at radius 1 is 1.00 bits per heavy atom. The molecule has 0 bridgehead atoms. The smallest absolute Gasteiger partial charge is 0.138 e. The Balaban J connectivity index is 1.44. The summed E-state index contributed by atoms with van der Waals surface area (Å²) in [4.78, 5) is 11.3. The van der Waals surface area contributed by atoms with Gasteiger partial charge in [-0.2, -0.15) is 5.10 Å². The summed E-state index contributed by atoms with van der Waals surface area (Å²) in [5.74, 6) is 1.57. The minimum atomic E-state index is 0.488. The minimum absolute atomic E-state index is 0.488. The molecular formula is C17H23N5O. The molecule has 0 aromatic carbocycles. The van der Waals surface area contributed by atoms with E-state index >= 15 is 0 Å². The molecule has 6 nitrogen and oxygen atoms in total. The molecule has 0 aliphatic carbocycles. The Kier molecular flexibility index (Phi) is 4.35. The number of ether oxygens (including phenoxy) is 1. The maximum atomic E-state index is 5.48. The summed E-state index contributed by atoms with van der Waals surface area (Å²) in [5.41, 5.74) is 1.04. The van der Waals surface area contributed by atoms with Gasteiger partial charge in [0, 0.05) is 37.6 Å². The lowest BCUT2D eigenvalue weighted by molar-refractivity contribution is 0.0248. The molecule has 23 heavy (non-hydrogen) atoms. The third-order valence-electron chi connectivity index (χ3n) is 5.08. The van der Waals surface area contributed by atoms with Crippen LogP contribution in [-0.4, -0.2) is 57.0 Å². The van der Waals surface area contributed by atoms with Gasteiger partial charge in [-0.1, -0.05) is 0 Å². The van der Waals surface area contributed by atoms with Crippen molar-refractivity contribution in [1.82, 2.24) is 24.6 Å². The Bertz CT molecular complexity index is 615. The fraction of sp³-hybridized carbons (Fsp3) is 0.588. The molecule has 0 amide bonds. The Morgan fingerprint density at radius 3 is 2.48 bits per heavy atom. The van der Waals surface area contributed by atoms with Crippen LogP contribution in [0.3, 0.4) is 0 Å². The molecule has 0 N–H and O–H groups in total. The zero-order valence-corrected chi connectivity index (χ0v) is 13.3. The average molecular weight is 313 g/mol. The maximum absolute atomic E-state index is 5.48. The summed E-state index contributed by atoms with van der Waals surface area (Å²) in [6, 6.07) is 4.67. The van der Waals surface area contributed by atoms with Gasteiger partial charge in [-0.25, -0.2) is 9.67 Å². The third kappa shape index (κ3) is 3.14. The average Bonchev–Trinajstić information content (AvgIpc) is 3.13. The van der Waals surface area contributed by atoms with Crippen LogP contribution in [-0.2, 0) is 4.74 Å². The van der Waals surface area contributed by atoms with Gasteiger partial charge in [0.15, 0.2) is 0 Å². The first-order valence-corrected chi connectivity index (χ1v) is 8.54. The van der Waals surface area contributed by atoms with Gasteiger partial charge in [0.2, 0.25) is 0 Å². The summed E-state index contributed by atoms with van der Waals surface area (Å²) in [5, 5.41) is 4.42. The second-order valence-corrected chi connectivity index (χ2v) is 6.39. The molecule has 6 heteroatoms. The molecular weight excluding hydrogens is 290 g/mol. The first kappa shape index (κ1) is 14.8. The van der Waals surface area contributed by atoms with Gasteiger partial charge >= 0.3 is 0 Å². The predicted molar refractivity (Wildman–Crippen MR) is 86.5 cm³/mol. The molecule has 4 heterocycles. The molecule has 2 aromatic heterocycles. The van der Waals surface area contributed by atoms with Crippen molar-refractivity contribution >= 4 is 0 Å². The van der Waals surface area contributed by atoms with Crippen LogP contribution >= 0.6 is 0 Å². The van der Waals surface area contributed by atoms with Gasteiger partial charge in [0.05, 0.1) is 5.69 Å². The van der Waals surface area contributed by atoms with E-state index in [4.69, 9.17) is 4.74 Å². The molecule has 2 aliphatic heterocycles. The Morgan fingerprint density at radius 2 is 1.74 bits per heavy atom. The zero-order valence-electron chi connectivity index (χ0n) is 13.3. The summed E-state index contributed by atoms with van der Waals surface area (Å²) < 4.78 is 7.45. The summed E-state index contributed by atoms with van der Waals surface area (Å²) in [6.45, 7) is 4.14. The van der Waals surface area contributed by atoms with E-state index in [0.717, 1.165) is 50.7 Å².